The molecule has 6 aromatic carbocycles. The van der Waals surface area contributed by atoms with Crippen LogP contribution in [0.2, 0.25) is 0 Å². The summed E-state index contributed by atoms with van der Waals surface area (Å²) in [7, 11) is 0. The van der Waals surface area contributed by atoms with Gasteiger partial charge in [-0.15, -0.1) is 0 Å². The summed E-state index contributed by atoms with van der Waals surface area (Å²) >= 11 is 0. The van der Waals surface area contributed by atoms with Crippen molar-refractivity contribution in [3.63, 3.8) is 0 Å². The van der Waals surface area contributed by atoms with Crippen LogP contribution in [-0.2, 0) is 0 Å². The Hall–Kier alpha value is -6.20. The average molecular weight is 594 g/mol. The molecule has 7 aromatic rings. The Morgan fingerprint density at radius 1 is 0.522 bits per heavy atom. The van der Waals surface area contributed by atoms with Crippen LogP contribution in [0.1, 0.15) is 11.1 Å². The molecule has 0 amide bonds. The molecule has 0 fully saturated rings. The van der Waals surface area contributed by atoms with Gasteiger partial charge in [-0.2, -0.15) is 0 Å². The first kappa shape index (κ1) is 27.4. The van der Waals surface area contributed by atoms with Crippen LogP contribution in [-0.4, -0.2) is 21.8 Å². The summed E-state index contributed by atoms with van der Waals surface area (Å²) in [5, 5.41) is 3.59. The van der Waals surface area contributed by atoms with Gasteiger partial charge in [0.1, 0.15) is 5.82 Å². The van der Waals surface area contributed by atoms with Crippen molar-refractivity contribution in [1.29, 1.82) is 0 Å². The van der Waals surface area contributed by atoms with E-state index in [1.807, 2.05) is 30.5 Å². The molecule has 5 nitrogen and oxygen atoms in total. The Kier molecular flexibility index (Phi) is 7.17. The number of rotatable bonds is 7. The highest BCUT2D eigenvalue weighted by molar-refractivity contribution is 6.04. The Morgan fingerprint density at radius 3 is 1.70 bits per heavy atom. The van der Waals surface area contributed by atoms with Gasteiger partial charge in [0.15, 0.2) is 0 Å². The molecule has 0 atom stereocenters. The van der Waals surface area contributed by atoms with Crippen molar-refractivity contribution in [2.75, 3.05) is 11.4 Å². The first-order valence-electron chi connectivity index (χ1n) is 15.5. The number of para-hydroxylation sites is 5. The zero-order valence-electron chi connectivity index (χ0n) is 25.2. The molecule has 46 heavy (non-hydrogen) atoms. The van der Waals surface area contributed by atoms with E-state index in [2.05, 4.69) is 154 Å². The summed E-state index contributed by atoms with van der Waals surface area (Å²) in [6.07, 6.45) is 1.93. The van der Waals surface area contributed by atoms with E-state index in [1.54, 1.807) is 0 Å². The molecule has 0 aliphatic carbocycles. The molecule has 0 bridgehead atoms. The molecule has 5 heteroatoms. The molecule has 0 unspecified atom stereocenters. The van der Waals surface area contributed by atoms with Crippen molar-refractivity contribution in [3.8, 4) is 17.1 Å². The smallest absolute Gasteiger partial charge is 0.145 e. The number of hydrogen-bond donors (Lipinski definition) is 1. The summed E-state index contributed by atoms with van der Waals surface area (Å²) in [4.78, 5) is 12.1. The zero-order valence-corrected chi connectivity index (χ0v) is 25.2. The molecular weight excluding hydrogens is 562 g/mol. The van der Waals surface area contributed by atoms with E-state index in [0.717, 1.165) is 67.7 Å². The van der Waals surface area contributed by atoms with Crippen LogP contribution in [0, 0.1) is 0 Å². The fourth-order valence-electron chi connectivity index (χ4n) is 6.03. The maximum absolute atomic E-state index is 5.00. The Labute approximate surface area is 268 Å². The standard InChI is InChI=1S/C41H31N5/c1-4-12-33(13-5-1)45(34-14-6-2-7-15-34)36-26-24-31(25-27-36)39-29-42-38(28-43-39)30-20-22-32(23-21-30)41-44-37-18-10-11-19-40(37)46(41)35-16-8-3-9-17-35/h1-27,29,43H,28H2. The summed E-state index contributed by atoms with van der Waals surface area (Å²) < 4.78 is 2.23. The molecule has 1 aromatic heterocycles. The number of imidazole rings is 1. The predicted molar refractivity (Wildman–Crippen MR) is 190 cm³/mol. The molecule has 220 valence electrons. The predicted octanol–water partition coefficient (Wildman–Crippen LogP) is 9.55. The van der Waals surface area contributed by atoms with Crippen LogP contribution in [0.4, 0.5) is 17.1 Å². The van der Waals surface area contributed by atoms with E-state index in [0.29, 0.717) is 6.54 Å². The Balaban J connectivity index is 1.05. The number of aromatic nitrogens is 2. The van der Waals surface area contributed by atoms with Crippen LogP contribution in [0.25, 0.3) is 33.8 Å². The minimum absolute atomic E-state index is 0.648. The van der Waals surface area contributed by atoms with E-state index in [9.17, 15) is 0 Å². The van der Waals surface area contributed by atoms with E-state index < -0.39 is 0 Å². The SMILES string of the molecule is C1=C(c2ccc(N(c3ccccc3)c3ccccc3)cc2)NCC(c2ccc(-c3nc4ccccc4n3-c3ccccc3)cc2)=N1. The quantitative estimate of drug-likeness (QED) is 0.200. The number of fused-ring (bicyclic) bond motifs is 1. The fraction of sp³-hybridized carbons (Fsp3) is 0.0244. The van der Waals surface area contributed by atoms with Gasteiger partial charge in [-0.1, -0.05) is 103 Å². The highest BCUT2D eigenvalue weighted by atomic mass is 15.1. The normalized spacial score (nSPS) is 12.7. The van der Waals surface area contributed by atoms with Crippen LogP contribution in [0.3, 0.4) is 0 Å². The van der Waals surface area contributed by atoms with Crippen molar-refractivity contribution in [2.24, 2.45) is 4.99 Å². The Bertz CT molecular complexity index is 2120. The molecule has 1 aliphatic heterocycles. The van der Waals surface area contributed by atoms with Gasteiger partial charge in [-0.25, -0.2) is 4.98 Å². The monoisotopic (exact) mass is 593 g/mol. The van der Waals surface area contributed by atoms with Crippen molar-refractivity contribution < 1.29 is 0 Å². The van der Waals surface area contributed by atoms with Gasteiger partial charge in [0.2, 0.25) is 0 Å². The summed E-state index contributed by atoms with van der Waals surface area (Å²) in [5.74, 6) is 0.923. The number of nitrogens with zero attached hydrogens (tertiary/aromatic N) is 4. The number of anilines is 3. The van der Waals surface area contributed by atoms with Gasteiger partial charge in [0, 0.05) is 28.3 Å². The minimum Gasteiger partial charge on any atom is -0.378 e. The maximum Gasteiger partial charge on any atom is 0.145 e. The second-order valence-electron chi connectivity index (χ2n) is 11.2. The third-order valence-electron chi connectivity index (χ3n) is 8.31. The van der Waals surface area contributed by atoms with Crippen LogP contribution < -0.4 is 10.2 Å². The van der Waals surface area contributed by atoms with Crippen LogP contribution >= 0.6 is 0 Å². The van der Waals surface area contributed by atoms with Crippen LogP contribution in [0.5, 0.6) is 0 Å². The highest BCUT2D eigenvalue weighted by Crippen LogP contribution is 2.35. The highest BCUT2D eigenvalue weighted by Gasteiger charge is 2.17. The fourth-order valence-corrected chi connectivity index (χ4v) is 6.03. The van der Waals surface area contributed by atoms with Gasteiger partial charge in [-0.3, -0.25) is 9.56 Å². The van der Waals surface area contributed by atoms with Gasteiger partial charge in [0.05, 0.1) is 35.2 Å². The maximum atomic E-state index is 5.00. The lowest BCUT2D eigenvalue weighted by atomic mass is 10.0. The second kappa shape index (κ2) is 12.1. The van der Waals surface area contributed by atoms with Crippen molar-refractivity contribution >= 4 is 39.5 Å². The molecule has 0 saturated carbocycles. The lowest BCUT2D eigenvalue weighted by Crippen LogP contribution is -2.25. The number of aliphatic imine (C=N–C) groups is 1. The first-order chi connectivity index (χ1) is 22.8. The molecule has 1 N–H and O–H groups in total. The molecule has 1 aliphatic rings. The van der Waals surface area contributed by atoms with Gasteiger partial charge < -0.3 is 10.2 Å². The first-order valence-corrected chi connectivity index (χ1v) is 15.5. The molecule has 2 heterocycles. The van der Waals surface area contributed by atoms with Crippen molar-refractivity contribution in [2.45, 2.75) is 0 Å². The number of nitrogens with one attached hydrogen (secondary N) is 1. The molecule has 0 spiro atoms. The van der Waals surface area contributed by atoms with E-state index in [1.165, 1.54) is 0 Å². The van der Waals surface area contributed by atoms with E-state index >= 15 is 0 Å². The van der Waals surface area contributed by atoms with Crippen molar-refractivity contribution in [3.05, 3.63) is 181 Å². The molecule has 0 saturated heterocycles. The van der Waals surface area contributed by atoms with Gasteiger partial charge in [-0.05, 0) is 71.8 Å². The third kappa shape index (κ3) is 5.24. The summed E-state index contributed by atoms with van der Waals surface area (Å²) in [6, 6.07) is 56.8. The number of hydrogen-bond acceptors (Lipinski definition) is 4. The Morgan fingerprint density at radius 2 is 1.07 bits per heavy atom. The third-order valence-corrected chi connectivity index (χ3v) is 8.31. The van der Waals surface area contributed by atoms with E-state index in [4.69, 9.17) is 9.98 Å². The topological polar surface area (TPSA) is 45.5 Å². The molecule has 0 radical (unpaired) electrons. The second-order valence-corrected chi connectivity index (χ2v) is 11.2. The van der Waals surface area contributed by atoms with E-state index in [-0.39, 0.29) is 0 Å². The van der Waals surface area contributed by atoms with Crippen molar-refractivity contribution in [1.82, 2.24) is 14.9 Å². The lowest BCUT2D eigenvalue weighted by Gasteiger charge is -2.25. The van der Waals surface area contributed by atoms with Gasteiger partial charge in [0.25, 0.3) is 0 Å². The number of benzene rings is 6. The largest absolute Gasteiger partial charge is 0.378 e. The van der Waals surface area contributed by atoms with Crippen LogP contribution in [0.15, 0.2) is 175 Å². The lowest BCUT2D eigenvalue weighted by molar-refractivity contribution is 1.01. The molecular formula is C41H31N5. The average Bonchev–Trinajstić information content (AvgIpc) is 3.53. The molecule has 8 rings (SSSR count). The summed E-state index contributed by atoms with van der Waals surface area (Å²) in [5.41, 5.74) is 11.8. The zero-order chi connectivity index (χ0) is 30.7. The van der Waals surface area contributed by atoms with Gasteiger partial charge >= 0.3 is 0 Å². The summed E-state index contributed by atoms with van der Waals surface area (Å²) in [6.45, 7) is 0.648. The minimum atomic E-state index is 0.648.